The molecule has 1 aromatic carbocycles. The van der Waals surface area contributed by atoms with Crippen LogP contribution in [0.25, 0.3) is 0 Å². The van der Waals surface area contributed by atoms with E-state index >= 15 is 0 Å². The SMILES string of the molecule is CCOc1ccc(Nc2nc(N)c([N+](=O)[O-])c(NCCO)n2)cc1. The first kappa shape index (κ1) is 17.2. The third kappa shape index (κ3) is 4.20. The van der Waals surface area contributed by atoms with Crippen molar-refractivity contribution in [3.05, 3.63) is 34.4 Å². The topological polar surface area (TPSA) is 148 Å². The zero-order valence-electron chi connectivity index (χ0n) is 13.0. The van der Waals surface area contributed by atoms with Gasteiger partial charge in [0.05, 0.1) is 18.1 Å². The number of rotatable bonds is 8. The molecule has 0 aliphatic heterocycles. The van der Waals surface area contributed by atoms with Crippen LogP contribution in [0.4, 0.5) is 29.0 Å². The lowest BCUT2D eigenvalue weighted by Crippen LogP contribution is -2.13. The second-order valence-electron chi connectivity index (χ2n) is 4.62. The molecule has 0 bridgehead atoms. The van der Waals surface area contributed by atoms with E-state index < -0.39 is 10.6 Å². The highest BCUT2D eigenvalue weighted by atomic mass is 16.6. The molecular formula is C14H18N6O4. The number of hydrogen-bond donors (Lipinski definition) is 4. The van der Waals surface area contributed by atoms with Crippen LogP contribution < -0.4 is 21.1 Å². The van der Waals surface area contributed by atoms with Crippen molar-refractivity contribution in [3.8, 4) is 5.75 Å². The van der Waals surface area contributed by atoms with Gasteiger partial charge in [-0.1, -0.05) is 0 Å². The molecule has 10 heteroatoms. The Morgan fingerprint density at radius 2 is 2.04 bits per heavy atom. The molecule has 5 N–H and O–H groups in total. The molecule has 10 nitrogen and oxygen atoms in total. The quantitative estimate of drug-likeness (QED) is 0.416. The first-order valence-corrected chi connectivity index (χ1v) is 7.21. The molecule has 0 aliphatic rings. The summed E-state index contributed by atoms with van der Waals surface area (Å²) in [5.74, 6) is 0.485. The van der Waals surface area contributed by atoms with Crippen LogP contribution in [0.5, 0.6) is 5.75 Å². The second kappa shape index (κ2) is 7.92. The third-order valence-electron chi connectivity index (χ3n) is 2.92. The molecule has 0 saturated carbocycles. The number of anilines is 4. The van der Waals surface area contributed by atoms with Crippen molar-refractivity contribution in [2.75, 3.05) is 36.1 Å². The van der Waals surface area contributed by atoms with E-state index in [1.807, 2.05) is 6.92 Å². The van der Waals surface area contributed by atoms with Crippen molar-refractivity contribution in [1.29, 1.82) is 0 Å². The van der Waals surface area contributed by atoms with Gasteiger partial charge >= 0.3 is 5.69 Å². The lowest BCUT2D eigenvalue weighted by atomic mass is 10.3. The Kier molecular flexibility index (Phi) is 5.68. The van der Waals surface area contributed by atoms with Crippen molar-refractivity contribution in [2.45, 2.75) is 6.92 Å². The first-order chi connectivity index (χ1) is 11.5. The molecule has 0 fully saturated rings. The van der Waals surface area contributed by atoms with Gasteiger partial charge in [0.2, 0.25) is 17.6 Å². The van der Waals surface area contributed by atoms with E-state index in [-0.39, 0.29) is 30.7 Å². The van der Waals surface area contributed by atoms with Gasteiger partial charge in [-0.15, -0.1) is 0 Å². The number of nitrogens with one attached hydrogen (secondary N) is 2. The van der Waals surface area contributed by atoms with Crippen LogP contribution >= 0.6 is 0 Å². The number of aliphatic hydroxyl groups excluding tert-OH is 1. The van der Waals surface area contributed by atoms with Gasteiger partial charge in [-0.05, 0) is 31.2 Å². The number of benzene rings is 1. The Balaban J connectivity index is 2.26. The van der Waals surface area contributed by atoms with Gasteiger partial charge in [0.25, 0.3) is 0 Å². The summed E-state index contributed by atoms with van der Waals surface area (Å²) in [7, 11) is 0. The van der Waals surface area contributed by atoms with Gasteiger partial charge in [-0.2, -0.15) is 9.97 Å². The zero-order chi connectivity index (χ0) is 17.5. The van der Waals surface area contributed by atoms with Gasteiger partial charge in [0.1, 0.15) is 5.75 Å². The average Bonchev–Trinajstić information content (AvgIpc) is 2.54. The summed E-state index contributed by atoms with van der Waals surface area (Å²) in [5.41, 5.74) is 5.89. The number of hydrogen-bond acceptors (Lipinski definition) is 9. The molecular weight excluding hydrogens is 316 g/mol. The van der Waals surface area contributed by atoms with Gasteiger partial charge < -0.3 is 26.2 Å². The summed E-state index contributed by atoms with van der Waals surface area (Å²) in [5, 5.41) is 25.5. The monoisotopic (exact) mass is 334 g/mol. The number of aromatic nitrogens is 2. The van der Waals surface area contributed by atoms with E-state index in [0.717, 1.165) is 5.75 Å². The molecule has 0 saturated heterocycles. The number of nitrogens with two attached hydrogens (primary N) is 1. The lowest BCUT2D eigenvalue weighted by Gasteiger charge is -2.10. The minimum absolute atomic E-state index is 0.0602. The van der Waals surface area contributed by atoms with Crippen LogP contribution in [0.3, 0.4) is 0 Å². The Bertz CT molecular complexity index is 707. The van der Waals surface area contributed by atoms with Gasteiger partial charge in [-0.3, -0.25) is 10.1 Å². The molecule has 24 heavy (non-hydrogen) atoms. The fourth-order valence-electron chi connectivity index (χ4n) is 1.94. The van der Waals surface area contributed by atoms with Crippen LogP contribution in [-0.2, 0) is 0 Å². The highest BCUT2D eigenvalue weighted by molar-refractivity contribution is 5.71. The van der Waals surface area contributed by atoms with Crippen LogP contribution in [0.15, 0.2) is 24.3 Å². The molecule has 1 aromatic heterocycles. The molecule has 0 unspecified atom stereocenters. The van der Waals surface area contributed by atoms with Crippen molar-refractivity contribution in [2.24, 2.45) is 0 Å². The van der Waals surface area contributed by atoms with Crippen LogP contribution in [0.1, 0.15) is 6.92 Å². The molecule has 128 valence electrons. The fourth-order valence-corrected chi connectivity index (χ4v) is 1.94. The maximum atomic E-state index is 11.1. The molecule has 0 aliphatic carbocycles. The zero-order valence-corrected chi connectivity index (χ0v) is 13.0. The van der Waals surface area contributed by atoms with E-state index in [1.165, 1.54) is 0 Å². The van der Waals surface area contributed by atoms with Crippen molar-refractivity contribution < 1.29 is 14.8 Å². The predicted molar refractivity (Wildman–Crippen MR) is 89.6 cm³/mol. The Hall–Kier alpha value is -3.14. The number of nitrogens with zero attached hydrogens (tertiary/aromatic N) is 3. The van der Waals surface area contributed by atoms with Gasteiger partial charge in [-0.25, -0.2) is 0 Å². The Morgan fingerprint density at radius 3 is 2.62 bits per heavy atom. The van der Waals surface area contributed by atoms with Gasteiger partial charge in [0, 0.05) is 12.2 Å². The maximum absolute atomic E-state index is 11.1. The third-order valence-corrected chi connectivity index (χ3v) is 2.92. The number of nitro groups is 1. The summed E-state index contributed by atoms with van der Waals surface area (Å²) in [6.45, 7) is 2.34. The number of nitrogen functional groups attached to an aromatic ring is 1. The Morgan fingerprint density at radius 1 is 1.33 bits per heavy atom. The van der Waals surface area contributed by atoms with E-state index in [1.54, 1.807) is 24.3 Å². The smallest absolute Gasteiger partial charge is 0.353 e. The molecule has 0 atom stereocenters. The van der Waals surface area contributed by atoms with Gasteiger partial charge in [0.15, 0.2) is 0 Å². The van der Waals surface area contributed by atoms with E-state index in [0.29, 0.717) is 12.3 Å². The van der Waals surface area contributed by atoms with E-state index in [4.69, 9.17) is 15.6 Å². The summed E-state index contributed by atoms with van der Waals surface area (Å²) in [6.07, 6.45) is 0. The Labute approximate surface area is 137 Å². The summed E-state index contributed by atoms with van der Waals surface area (Å²) in [6, 6.07) is 7.05. The normalized spacial score (nSPS) is 10.2. The van der Waals surface area contributed by atoms with E-state index in [2.05, 4.69) is 20.6 Å². The standard InChI is InChI=1S/C14H18N6O4/c1-2-24-10-5-3-9(4-6-10)17-14-18-12(15)11(20(22)23)13(19-14)16-7-8-21/h3-6,21H,2,7-8H2,1H3,(H4,15,16,17,18,19). The number of ether oxygens (including phenoxy) is 1. The summed E-state index contributed by atoms with van der Waals surface area (Å²) >= 11 is 0. The minimum atomic E-state index is -0.671. The van der Waals surface area contributed by atoms with Crippen molar-refractivity contribution in [3.63, 3.8) is 0 Å². The summed E-state index contributed by atoms with van der Waals surface area (Å²) in [4.78, 5) is 18.4. The highest BCUT2D eigenvalue weighted by Gasteiger charge is 2.22. The van der Waals surface area contributed by atoms with Crippen LogP contribution in [0.2, 0.25) is 0 Å². The maximum Gasteiger partial charge on any atom is 0.353 e. The fraction of sp³-hybridized carbons (Fsp3) is 0.286. The molecule has 0 radical (unpaired) electrons. The first-order valence-electron chi connectivity index (χ1n) is 7.21. The average molecular weight is 334 g/mol. The molecule has 2 aromatic rings. The predicted octanol–water partition coefficient (Wildman–Crippen LogP) is 1.51. The van der Waals surface area contributed by atoms with Crippen molar-refractivity contribution >= 4 is 29.0 Å². The van der Waals surface area contributed by atoms with Crippen LogP contribution in [0, 0.1) is 10.1 Å². The van der Waals surface area contributed by atoms with Crippen LogP contribution in [-0.4, -0.2) is 39.8 Å². The largest absolute Gasteiger partial charge is 0.494 e. The summed E-state index contributed by atoms with van der Waals surface area (Å²) < 4.78 is 5.35. The lowest BCUT2D eigenvalue weighted by molar-refractivity contribution is -0.383. The second-order valence-corrected chi connectivity index (χ2v) is 4.62. The highest BCUT2D eigenvalue weighted by Crippen LogP contribution is 2.30. The molecule has 2 rings (SSSR count). The number of aliphatic hydroxyl groups is 1. The minimum Gasteiger partial charge on any atom is -0.494 e. The molecule has 1 heterocycles. The van der Waals surface area contributed by atoms with Crippen molar-refractivity contribution in [1.82, 2.24) is 9.97 Å². The molecule has 0 spiro atoms. The molecule has 0 amide bonds. The van der Waals surface area contributed by atoms with E-state index in [9.17, 15) is 10.1 Å².